The van der Waals surface area contributed by atoms with Gasteiger partial charge in [-0.3, -0.25) is 0 Å². The highest BCUT2D eigenvalue weighted by Gasteiger charge is 2.51. The van der Waals surface area contributed by atoms with E-state index < -0.39 is 44.8 Å². The normalized spacial score (nSPS) is 32.0. The van der Waals surface area contributed by atoms with Gasteiger partial charge in [-0.15, -0.1) is 0 Å². The van der Waals surface area contributed by atoms with Crippen molar-refractivity contribution in [1.82, 2.24) is 0 Å². The van der Waals surface area contributed by atoms with Gasteiger partial charge in [0, 0.05) is 14.5 Å². The molecule has 1 aliphatic rings. The summed E-state index contributed by atoms with van der Waals surface area (Å²) in [6.45, 7) is 6.38. The van der Waals surface area contributed by atoms with Crippen molar-refractivity contribution >= 4 is 8.07 Å². The van der Waals surface area contributed by atoms with Gasteiger partial charge in [-0.05, 0) is 0 Å². The largest absolute Gasteiger partial charge is 0.394 e. The van der Waals surface area contributed by atoms with Crippen molar-refractivity contribution in [3.63, 3.8) is 0 Å². The first kappa shape index (κ1) is 25.0. The second kappa shape index (κ2) is 11.9. The van der Waals surface area contributed by atoms with Crippen LogP contribution in [0.3, 0.4) is 0 Å². The molecular formula is C20H43NO5Si. The van der Waals surface area contributed by atoms with Crippen molar-refractivity contribution in [2.45, 2.75) is 120 Å². The van der Waals surface area contributed by atoms with Crippen LogP contribution in [0.15, 0.2) is 0 Å². The lowest BCUT2D eigenvalue weighted by atomic mass is 9.89. The van der Waals surface area contributed by atoms with Crippen molar-refractivity contribution in [2.75, 3.05) is 6.61 Å². The predicted octanol–water partition coefficient (Wildman–Crippen LogP) is 2.35. The van der Waals surface area contributed by atoms with Crippen LogP contribution in [0.1, 0.15) is 64.7 Å². The van der Waals surface area contributed by atoms with Gasteiger partial charge in [0.15, 0.2) is 5.79 Å². The quantitative estimate of drug-likeness (QED) is 0.237. The Balaban J connectivity index is 2.36. The number of hydrogen-bond donors (Lipinski definition) is 5. The first-order chi connectivity index (χ1) is 12.7. The van der Waals surface area contributed by atoms with E-state index in [1.165, 1.54) is 57.4 Å². The lowest BCUT2D eigenvalue weighted by Gasteiger charge is -2.47. The van der Waals surface area contributed by atoms with Gasteiger partial charge in [0.05, 0.1) is 12.6 Å². The maximum Gasteiger partial charge on any atom is 0.183 e. The van der Waals surface area contributed by atoms with Crippen molar-refractivity contribution < 1.29 is 25.2 Å². The van der Waals surface area contributed by atoms with Crippen molar-refractivity contribution in [2.24, 2.45) is 5.73 Å². The molecule has 1 fully saturated rings. The Hall–Kier alpha value is -0.0231. The molecule has 0 amide bonds. The minimum atomic E-state index is -1.70. The van der Waals surface area contributed by atoms with E-state index in [2.05, 4.69) is 20.0 Å². The molecule has 6 nitrogen and oxygen atoms in total. The molecule has 0 spiro atoms. The molecule has 0 aromatic heterocycles. The number of ether oxygens (including phenoxy) is 1. The topological polar surface area (TPSA) is 116 Å². The first-order valence-electron chi connectivity index (χ1n) is 10.8. The maximum atomic E-state index is 10.8. The third-order valence-electron chi connectivity index (χ3n) is 6.02. The molecule has 1 aliphatic heterocycles. The predicted molar refractivity (Wildman–Crippen MR) is 111 cm³/mol. The summed E-state index contributed by atoms with van der Waals surface area (Å²) < 4.78 is 5.50. The lowest BCUT2D eigenvalue weighted by Crippen LogP contribution is -2.68. The zero-order valence-electron chi connectivity index (χ0n) is 17.6. The van der Waals surface area contributed by atoms with Crippen LogP contribution in [0.2, 0.25) is 25.2 Å². The minimum absolute atomic E-state index is 0.324. The highest BCUT2D eigenvalue weighted by Crippen LogP contribution is 2.33. The molecule has 1 heterocycles. The van der Waals surface area contributed by atoms with Gasteiger partial charge in [-0.25, -0.2) is 0 Å². The zero-order valence-corrected chi connectivity index (χ0v) is 18.6. The zero-order chi connectivity index (χ0) is 20.5. The van der Waals surface area contributed by atoms with Gasteiger partial charge in [-0.1, -0.05) is 83.5 Å². The third kappa shape index (κ3) is 8.09. The summed E-state index contributed by atoms with van der Waals surface area (Å²) in [6.07, 6.45) is 7.16. The van der Waals surface area contributed by atoms with Gasteiger partial charge in [0.2, 0.25) is 0 Å². The van der Waals surface area contributed by atoms with Gasteiger partial charge in [-0.2, -0.15) is 0 Å². The van der Waals surface area contributed by atoms with Crippen LogP contribution in [0.5, 0.6) is 0 Å². The van der Waals surface area contributed by atoms with E-state index in [-0.39, 0.29) is 0 Å². The Morgan fingerprint density at radius 2 is 1.48 bits per heavy atom. The molecular weight excluding hydrogens is 362 g/mol. The average Bonchev–Trinajstić information content (AvgIpc) is 2.64. The molecule has 0 aromatic rings. The lowest BCUT2D eigenvalue weighted by molar-refractivity contribution is -0.314. The summed E-state index contributed by atoms with van der Waals surface area (Å²) in [4.78, 5) is 0. The van der Waals surface area contributed by atoms with Crippen LogP contribution in [0, 0.1) is 0 Å². The van der Waals surface area contributed by atoms with Crippen LogP contribution in [0.25, 0.3) is 0 Å². The van der Waals surface area contributed by atoms with Crippen LogP contribution in [-0.2, 0) is 4.74 Å². The molecule has 27 heavy (non-hydrogen) atoms. The molecule has 5 atom stereocenters. The summed E-state index contributed by atoms with van der Waals surface area (Å²) in [5.74, 6) is -1.70. The van der Waals surface area contributed by atoms with Gasteiger partial charge in [0.1, 0.15) is 18.3 Å². The molecule has 0 radical (unpaired) electrons. The molecule has 1 saturated heterocycles. The highest BCUT2D eigenvalue weighted by molar-refractivity contribution is 6.77. The van der Waals surface area contributed by atoms with Gasteiger partial charge >= 0.3 is 0 Å². The first-order valence-corrected chi connectivity index (χ1v) is 14.2. The number of nitrogens with two attached hydrogens (primary N) is 1. The van der Waals surface area contributed by atoms with Gasteiger partial charge < -0.3 is 30.9 Å². The molecule has 162 valence electrons. The Bertz CT molecular complexity index is 410. The van der Waals surface area contributed by atoms with Crippen LogP contribution in [-0.4, -0.2) is 65.2 Å². The van der Waals surface area contributed by atoms with E-state index in [0.29, 0.717) is 6.42 Å². The number of unbranched alkanes of at least 4 members (excludes halogenated alkanes) is 7. The van der Waals surface area contributed by atoms with Crippen molar-refractivity contribution in [3.8, 4) is 0 Å². The number of hydrogen-bond acceptors (Lipinski definition) is 6. The van der Waals surface area contributed by atoms with E-state index in [9.17, 15) is 20.4 Å². The van der Waals surface area contributed by atoms with E-state index >= 15 is 0 Å². The van der Waals surface area contributed by atoms with Crippen molar-refractivity contribution in [3.05, 3.63) is 0 Å². The Labute approximate surface area is 166 Å². The monoisotopic (exact) mass is 405 g/mol. The SMILES string of the molecule is CCCCCCCCCC[Si](C)(C)CC[C@@]1(O)O[C@H](CO)[C@@H](O)[C@H](O)[C@H]1N. The average molecular weight is 406 g/mol. The summed E-state index contributed by atoms with van der Waals surface area (Å²) in [7, 11) is -1.52. The molecule has 6 N–H and O–H groups in total. The number of aliphatic hydroxyl groups is 4. The van der Waals surface area contributed by atoms with Crippen LogP contribution >= 0.6 is 0 Å². The fraction of sp³-hybridized carbons (Fsp3) is 1.00. The Morgan fingerprint density at radius 1 is 0.926 bits per heavy atom. The van der Waals surface area contributed by atoms with Crippen LogP contribution in [0.4, 0.5) is 0 Å². The minimum Gasteiger partial charge on any atom is -0.394 e. The van der Waals surface area contributed by atoms with E-state index in [1.54, 1.807) is 0 Å². The second-order valence-corrected chi connectivity index (χ2v) is 14.4. The maximum absolute atomic E-state index is 10.8. The highest BCUT2D eigenvalue weighted by atomic mass is 28.3. The molecule has 0 saturated carbocycles. The fourth-order valence-electron chi connectivity index (χ4n) is 3.86. The fourth-order valence-corrected chi connectivity index (χ4v) is 6.35. The molecule has 0 aliphatic carbocycles. The second-order valence-electron chi connectivity index (χ2n) is 9.08. The molecule has 1 rings (SSSR count). The van der Waals surface area contributed by atoms with Crippen LogP contribution < -0.4 is 5.73 Å². The molecule has 7 heteroatoms. The van der Waals surface area contributed by atoms with E-state index in [1.807, 2.05) is 0 Å². The number of aliphatic hydroxyl groups excluding tert-OH is 3. The molecule has 0 bridgehead atoms. The summed E-state index contributed by atoms with van der Waals surface area (Å²) >= 11 is 0. The smallest absolute Gasteiger partial charge is 0.183 e. The summed E-state index contributed by atoms with van der Waals surface area (Å²) in [5.41, 5.74) is 5.93. The molecule has 0 unspecified atom stereocenters. The van der Waals surface area contributed by atoms with Crippen molar-refractivity contribution in [1.29, 1.82) is 0 Å². The standard InChI is InChI=1S/C20H43NO5Si/c1-4-5-6-7-8-9-10-11-13-27(2,3)14-12-20(25)19(21)18(24)17(23)16(15-22)26-20/h16-19,22-25H,4-15,21H2,1-3H3/t16-,17-,18+,19-,20-/m1/s1. The summed E-state index contributed by atoms with van der Waals surface area (Å²) in [5, 5.41) is 40.1. The Morgan fingerprint density at radius 3 is 2.04 bits per heavy atom. The van der Waals surface area contributed by atoms with Gasteiger partial charge in [0.25, 0.3) is 0 Å². The number of rotatable bonds is 13. The summed E-state index contributed by atoms with van der Waals surface area (Å²) in [6, 6.07) is 0.944. The third-order valence-corrected chi connectivity index (χ3v) is 9.33. The van der Waals surface area contributed by atoms with E-state index in [4.69, 9.17) is 10.5 Å². The Kier molecular flexibility index (Phi) is 11.0. The molecule has 0 aromatic carbocycles. The van der Waals surface area contributed by atoms with E-state index in [0.717, 1.165) is 6.04 Å².